The molecular weight excluding hydrogens is 482 g/mol. The van der Waals surface area contributed by atoms with E-state index in [0.29, 0.717) is 6.61 Å². The molecular formula is C28H29N7OS. The van der Waals surface area contributed by atoms with Crippen LogP contribution in [-0.2, 0) is 6.61 Å². The van der Waals surface area contributed by atoms with Gasteiger partial charge in [-0.3, -0.25) is 5.10 Å². The molecule has 0 spiro atoms. The molecule has 1 aliphatic rings. The number of ether oxygens (including phenoxy) is 1. The predicted octanol–water partition coefficient (Wildman–Crippen LogP) is 5.38. The van der Waals surface area contributed by atoms with Gasteiger partial charge in [0.2, 0.25) is 0 Å². The molecule has 0 aliphatic carbocycles. The van der Waals surface area contributed by atoms with E-state index in [0.717, 1.165) is 82.9 Å². The number of aromatic amines is 2. The molecule has 37 heavy (non-hydrogen) atoms. The van der Waals surface area contributed by atoms with Crippen molar-refractivity contribution in [3.05, 3.63) is 78.5 Å². The predicted molar refractivity (Wildman–Crippen MR) is 150 cm³/mol. The van der Waals surface area contributed by atoms with Crippen LogP contribution in [0.25, 0.3) is 33.8 Å². The first-order valence-electron chi connectivity index (χ1n) is 12.6. The van der Waals surface area contributed by atoms with Crippen molar-refractivity contribution in [1.29, 1.82) is 0 Å². The fraction of sp³-hybridized carbons (Fsp3) is 0.250. The molecule has 0 saturated carbocycles. The SMILES string of the molecule is CCSN1CCN(c2ccc3[nH]c(-c4ccc(OCc5ccccc5)c(-c5ccn[nH]5)c4)nc3n2)CC1. The first-order valence-corrected chi connectivity index (χ1v) is 13.5. The van der Waals surface area contributed by atoms with E-state index in [9.17, 15) is 0 Å². The van der Waals surface area contributed by atoms with E-state index in [1.54, 1.807) is 6.20 Å². The second-order valence-electron chi connectivity index (χ2n) is 8.92. The van der Waals surface area contributed by atoms with Crippen LogP contribution in [-0.4, -0.2) is 61.4 Å². The van der Waals surface area contributed by atoms with Crippen molar-refractivity contribution in [2.75, 3.05) is 36.8 Å². The molecule has 1 aliphatic heterocycles. The van der Waals surface area contributed by atoms with Crippen molar-refractivity contribution in [1.82, 2.24) is 29.5 Å². The van der Waals surface area contributed by atoms with Gasteiger partial charge in [-0.1, -0.05) is 49.2 Å². The molecule has 188 valence electrons. The summed E-state index contributed by atoms with van der Waals surface area (Å²) in [5, 5.41) is 7.21. The zero-order valence-corrected chi connectivity index (χ0v) is 21.5. The molecule has 6 rings (SSSR count). The van der Waals surface area contributed by atoms with Gasteiger partial charge in [-0.2, -0.15) is 5.10 Å². The summed E-state index contributed by atoms with van der Waals surface area (Å²) < 4.78 is 8.64. The van der Waals surface area contributed by atoms with Crippen molar-refractivity contribution in [3.8, 4) is 28.4 Å². The fourth-order valence-electron chi connectivity index (χ4n) is 4.58. The standard InChI is InChI=1S/C28H29N7OS/c1-2-37-35-16-14-34(15-17-35)26-11-9-24-28(31-26)32-27(30-24)21-8-10-25(22(18-21)23-12-13-29-33-23)36-19-20-6-4-3-5-7-20/h3-13,18H,2,14-17,19H2,1H3,(H,29,33)(H,30,31,32). The molecule has 0 unspecified atom stereocenters. The lowest BCUT2D eigenvalue weighted by Crippen LogP contribution is -2.43. The summed E-state index contributed by atoms with van der Waals surface area (Å²) in [6.45, 7) is 6.72. The first-order chi connectivity index (χ1) is 18.3. The Hall–Kier alpha value is -3.82. The third-order valence-electron chi connectivity index (χ3n) is 6.49. The minimum atomic E-state index is 0.490. The normalized spacial score (nSPS) is 14.4. The smallest absolute Gasteiger partial charge is 0.180 e. The number of hydrogen-bond donors (Lipinski definition) is 2. The lowest BCUT2D eigenvalue weighted by molar-refractivity contribution is 0.307. The number of piperazine rings is 1. The third-order valence-corrected chi connectivity index (χ3v) is 7.48. The largest absolute Gasteiger partial charge is 0.488 e. The monoisotopic (exact) mass is 511 g/mol. The van der Waals surface area contributed by atoms with Crippen molar-refractivity contribution in [3.63, 3.8) is 0 Å². The molecule has 0 amide bonds. The Morgan fingerprint density at radius 1 is 0.946 bits per heavy atom. The third kappa shape index (κ3) is 5.19. The first kappa shape index (κ1) is 23.6. The number of benzene rings is 2. The van der Waals surface area contributed by atoms with Crippen LogP contribution in [0.4, 0.5) is 5.82 Å². The molecule has 1 fully saturated rings. The maximum atomic E-state index is 6.20. The maximum Gasteiger partial charge on any atom is 0.180 e. The van der Waals surface area contributed by atoms with Crippen LogP contribution in [0.5, 0.6) is 5.75 Å². The number of pyridine rings is 1. The van der Waals surface area contributed by atoms with Gasteiger partial charge >= 0.3 is 0 Å². The minimum Gasteiger partial charge on any atom is -0.488 e. The zero-order valence-electron chi connectivity index (χ0n) is 20.7. The Morgan fingerprint density at radius 2 is 1.81 bits per heavy atom. The molecule has 9 heteroatoms. The van der Waals surface area contributed by atoms with Crippen molar-refractivity contribution in [2.24, 2.45) is 0 Å². The van der Waals surface area contributed by atoms with Crippen molar-refractivity contribution in [2.45, 2.75) is 13.5 Å². The Kier molecular flexibility index (Phi) is 6.79. The molecule has 0 radical (unpaired) electrons. The van der Waals surface area contributed by atoms with Crippen molar-refractivity contribution < 1.29 is 4.74 Å². The van der Waals surface area contributed by atoms with Gasteiger partial charge in [-0.05, 0) is 42.0 Å². The van der Waals surface area contributed by atoms with Gasteiger partial charge in [0.1, 0.15) is 24.0 Å². The number of nitrogens with zero attached hydrogens (tertiary/aromatic N) is 5. The lowest BCUT2D eigenvalue weighted by Gasteiger charge is -2.34. The second-order valence-corrected chi connectivity index (χ2v) is 10.3. The lowest BCUT2D eigenvalue weighted by atomic mass is 10.1. The van der Waals surface area contributed by atoms with E-state index < -0.39 is 0 Å². The summed E-state index contributed by atoms with van der Waals surface area (Å²) in [6.07, 6.45) is 1.75. The van der Waals surface area contributed by atoms with Crippen molar-refractivity contribution >= 4 is 28.9 Å². The van der Waals surface area contributed by atoms with Crippen LogP contribution in [0, 0.1) is 0 Å². The van der Waals surface area contributed by atoms with Crippen LogP contribution in [0.3, 0.4) is 0 Å². The van der Waals surface area contributed by atoms with Gasteiger partial charge in [0.15, 0.2) is 5.65 Å². The summed E-state index contributed by atoms with van der Waals surface area (Å²) in [5.74, 6) is 3.66. The average molecular weight is 512 g/mol. The van der Waals surface area contributed by atoms with E-state index in [1.807, 2.05) is 48.3 Å². The minimum absolute atomic E-state index is 0.490. The van der Waals surface area contributed by atoms with Gasteiger partial charge in [0, 0.05) is 49.3 Å². The van der Waals surface area contributed by atoms with Crippen LogP contribution < -0.4 is 9.64 Å². The van der Waals surface area contributed by atoms with Crippen LogP contribution >= 0.6 is 11.9 Å². The van der Waals surface area contributed by atoms with Gasteiger partial charge < -0.3 is 14.6 Å². The summed E-state index contributed by atoms with van der Waals surface area (Å²) in [6, 6.07) is 22.4. The van der Waals surface area contributed by atoms with E-state index in [2.05, 4.69) is 61.6 Å². The highest BCUT2D eigenvalue weighted by Gasteiger charge is 2.19. The zero-order chi connectivity index (χ0) is 25.0. The molecule has 0 atom stereocenters. The molecule has 0 bridgehead atoms. The summed E-state index contributed by atoms with van der Waals surface area (Å²) >= 11 is 1.91. The number of anilines is 1. The highest BCUT2D eigenvalue weighted by molar-refractivity contribution is 7.96. The number of hydrogen-bond acceptors (Lipinski definition) is 7. The fourth-order valence-corrected chi connectivity index (χ4v) is 5.37. The molecule has 3 aromatic heterocycles. The van der Waals surface area contributed by atoms with Crippen LogP contribution in [0.2, 0.25) is 0 Å². The highest BCUT2D eigenvalue weighted by atomic mass is 32.2. The molecule has 4 heterocycles. The topological polar surface area (TPSA) is 86.0 Å². The number of H-pyrrole nitrogens is 2. The maximum absolute atomic E-state index is 6.20. The number of aromatic nitrogens is 5. The van der Waals surface area contributed by atoms with E-state index in [-0.39, 0.29) is 0 Å². The van der Waals surface area contributed by atoms with Crippen LogP contribution in [0.1, 0.15) is 12.5 Å². The molecule has 2 N–H and O–H groups in total. The molecule has 2 aromatic carbocycles. The summed E-state index contributed by atoms with van der Waals surface area (Å²) in [5.41, 5.74) is 5.55. The number of imidazole rings is 1. The highest BCUT2D eigenvalue weighted by Crippen LogP contribution is 2.34. The average Bonchev–Trinajstić information content (AvgIpc) is 3.63. The van der Waals surface area contributed by atoms with E-state index >= 15 is 0 Å². The number of rotatable bonds is 8. The number of fused-ring (bicyclic) bond motifs is 1. The van der Waals surface area contributed by atoms with Crippen LogP contribution in [0.15, 0.2) is 72.9 Å². The Morgan fingerprint density at radius 3 is 2.59 bits per heavy atom. The Bertz CT molecular complexity index is 1460. The van der Waals surface area contributed by atoms with Gasteiger partial charge in [-0.15, -0.1) is 0 Å². The summed E-state index contributed by atoms with van der Waals surface area (Å²) in [4.78, 5) is 15.5. The van der Waals surface area contributed by atoms with E-state index in [4.69, 9.17) is 14.7 Å². The molecule has 5 aromatic rings. The molecule has 1 saturated heterocycles. The Balaban J connectivity index is 1.26. The second kappa shape index (κ2) is 10.7. The Labute approximate surface area is 220 Å². The quantitative estimate of drug-likeness (QED) is 0.270. The van der Waals surface area contributed by atoms with Gasteiger partial charge in [0.05, 0.1) is 11.2 Å². The number of nitrogens with one attached hydrogen (secondary N) is 2. The summed E-state index contributed by atoms with van der Waals surface area (Å²) in [7, 11) is 0. The molecule has 8 nitrogen and oxygen atoms in total. The van der Waals surface area contributed by atoms with Gasteiger partial charge in [0.25, 0.3) is 0 Å². The van der Waals surface area contributed by atoms with E-state index in [1.165, 1.54) is 0 Å². The van der Waals surface area contributed by atoms with Gasteiger partial charge in [-0.25, -0.2) is 14.3 Å².